The maximum Gasteiger partial charge on any atom is 0.165 e. The van der Waals surface area contributed by atoms with Crippen LogP contribution in [-0.2, 0) is 6.54 Å². The Bertz CT molecular complexity index is 569. The van der Waals surface area contributed by atoms with Crippen molar-refractivity contribution in [3.63, 3.8) is 0 Å². The van der Waals surface area contributed by atoms with E-state index in [1.54, 1.807) is 14.2 Å². The number of fused-ring (bicyclic) bond motifs is 2. The quantitative estimate of drug-likeness (QED) is 0.828. The van der Waals surface area contributed by atoms with E-state index in [0.717, 1.165) is 49.0 Å². The smallest absolute Gasteiger partial charge is 0.165 e. The molecule has 1 saturated heterocycles. The van der Waals surface area contributed by atoms with Crippen LogP contribution < -0.4 is 9.47 Å². The number of rotatable bonds is 5. The Balaban J connectivity index is 1.35. The van der Waals surface area contributed by atoms with Crippen molar-refractivity contribution in [3.05, 3.63) is 23.8 Å². The zero-order chi connectivity index (χ0) is 16.5. The molecule has 1 aromatic rings. The molecule has 0 unspecified atom stereocenters. The lowest BCUT2D eigenvalue weighted by Gasteiger charge is -2.41. The molecule has 0 amide bonds. The van der Waals surface area contributed by atoms with Crippen molar-refractivity contribution < 1.29 is 9.47 Å². The Morgan fingerprint density at radius 1 is 1.00 bits per heavy atom. The Kier molecular flexibility index (Phi) is 4.68. The highest BCUT2D eigenvalue weighted by Gasteiger charge is 2.42. The van der Waals surface area contributed by atoms with Gasteiger partial charge in [0.1, 0.15) is 0 Å². The molecule has 2 aliphatic carbocycles. The summed E-state index contributed by atoms with van der Waals surface area (Å²) in [6, 6.07) is 7.07. The fraction of sp³-hybridized carbons (Fsp3) is 0.700. The summed E-state index contributed by atoms with van der Waals surface area (Å²) in [5, 5.41) is 0. The van der Waals surface area contributed by atoms with Crippen LogP contribution in [0.25, 0.3) is 0 Å². The van der Waals surface area contributed by atoms with Gasteiger partial charge in [-0.2, -0.15) is 0 Å². The number of benzene rings is 1. The molecule has 4 rings (SSSR count). The first-order valence-electron chi connectivity index (χ1n) is 9.44. The van der Waals surface area contributed by atoms with E-state index in [2.05, 4.69) is 21.9 Å². The summed E-state index contributed by atoms with van der Waals surface area (Å²) in [5.74, 6) is 3.75. The molecule has 4 heteroatoms. The van der Waals surface area contributed by atoms with E-state index < -0.39 is 0 Å². The van der Waals surface area contributed by atoms with E-state index >= 15 is 0 Å². The van der Waals surface area contributed by atoms with Crippen LogP contribution in [0.5, 0.6) is 11.5 Å². The van der Waals surface area contributed by atoms with Gasteiger partial charge in [-0.1, -0.05) is 18.6 Å². The van der Waals surface area contributed by atoms with Gasteiger partial charge in [-0.25, -0.2) is 0 Å². The van der Waals surface area contributed by atoms with Gasteiger partial charge in [-0.3, -0.25) is 9.80 Å². The first-order valence-corrected chi connectivity index (χ1v) is 9.44. The lowest BCUT2D eigenvalue weighted by atomic mass is 9.93. The number of hydrogen-bond donors (Lipinski definition) is 0. The molecule has 1 aliphatic heterocycles. The Hall–Kier alpha value is -1.26. The second-order valence-electron chi connectivity index (χ2n) is 7.71. The van der Waals surface area contributed by atoms with Crippen molar-refractivity contribution in [3.8, 4) is 11.5 Å². The highest BCUT2D eigenvalue weighted by molar-refractivity contribution is 5.46. The largest absolute Gasteiger partial charge is 0.493 e. The third-order valence-electron chi connectivity index (χ3n) is 6.46. The molecule has 0 N–H and O–H groups in total. The van der Waals surface area contributed by atoms with E-state index in [0.29, 0.717) is 0 Å². The Morgan fingerprint density at radius 3 is 2.46 bits per heavy atom. The number of para-hydroxylation sites is 1. The lowest BCUT2D eigenvalue weighted by Crippen LogP contribution is -2.51. The molecule has 3 fully saturated rings. The van der Waals surface area contributed by atoms with Crippen LogP contribution in [0.15, 0.2) is 18.2 Å². The van der Waals surface area contributed by atoms with E-state index in [-0.39, 0.29) is 0 Å². The fourth-order valence-corrected chi connectivity index (χ4v) is 5.23. The fourth-order valence-electron chi connectivity index (χ4n) is 5.23. The molecular weight excluding hydrogens is 300 g/mol. The van der Waals surface area contributed by atoms with Gasteiger partial charge in [0.2, 0.25) is 0 Å². The Morgan fingerprint density at radius 2 is 1.83 bits per heavy atom. The number of piperazine rings is 1. The Labute approximate surface area is 145 Å². The van der Waals surface area contributed by atoms with Crippen LogP contribution in [0.1, 0.15) is 31.2 Å². The molecule has 1 heterocycles. The van der Waals surface area contributed by atoms with Gasteiger partial charge in [-0.05, 0) is 37.2 Å². The molecule has 1 aromatic carbocycles. The molecular formula is C20H30N2O2. The molecule has 0 aromatic heterocycles. The van der Waals surface area contributed by atoms with Crippen LogP contribution in [-0.4, -0.2) is 56.2 Å². The van der Waals surface area contributed by atoms with E-state index in [9.17, 15) is 0 Å². The van der Waals surface area contributed by atoms with Crippen LogP contribution in [0.3, 0.4) is 0 Å². The number of methoxy groups -OCH3 is 2. The van der Waals surface area contributed by atoms with Crippen molar-refractivity contribution in [2.45, 2.75) is 38.3 Å². The highest BCUT2D eigenvalue weighted by Crippen LogP contribution is 2.46. The minimum Gasteiger partial charge on any atom is -0.493 e. The average molecular weight is 330 g/mol. The SMILES string of the molecule is COc1cccc(CN2CCN([C@H]3C[C@H]4CC[C@@H]3C4)CC2)c1OC. The monoisotopic (exact) mass is 330 g/mol. The number of hydrogen-bond acceptors (Lipinski definition) is 4. The van der Waals surface area contributed by atoms with Gasteiger partial charge < -0.3 is 9.47 Å². The summed E-state index contributed by atoms with van der Waals surface area (Å²) in [6.07, 6.45) is 5.95. The van der Waals surface area contributed by atoms with Crippen LogP contribution in [0.4, 0.5) is 0 Å². The van der Waals surface area contributed by atoms with Gasteiger partial charge in [0.05, 0.1) is 14.2 Å². The molecule has 0 radical (unpaired) electrons. The molecule has 2 bridgehead atoms. The predicted molar refractivity (Wildman–Crippen MR) is 95.6 cm³/mol. The molecule has 24 heavy (non-hydrogen) atoms. The summed E-state index contributed by atoms with van der Waals surface area (Å²) in [5.41, 5.74) is 1.23. The standard InChI is InChI=1S/C20H30N2O2/c1-23-19-5-3-4-17(20(19)24-2)14-21-8-10-22(11-9-21)18-13-15-6-7-16(18)12-15/h3-5,15-16,18H,6-14H2,1-2H3/t15-,16+,18-/m0/s1. The molecule has 3 aliphatic rings. The normalized spacial score (nSPS) is 30.7. The number of nitrogens with zero attached hydrogens (tertiary/aromatic N) is 2. The van der Waals surface area contributed by atoms with Gasteiger partial charge >= 0.3 is 0 Å². The van der Waals surface area contributed by atoms with E-state index in [1.807, 2.05) is 6.07 Å². The van der Waals surface area contributed by atoms with Gasteiger partial charge in [-0.15, -0.1) is 0 Å². The zero-order valence-corrected chi connectivity index (χ0v) is 15.0. The molecule has 3 atom stereocenters. The third kappa shape index (κ3) is 3.02. The lowest BCUT2D eigenvalue weighted by molar-refractivity contribution is 0.0676. The molecule has 0 spiro atoms. The second-order valence-corrected chi connectivity index (χ2v) is 7.71. The van der Waals surface area contributed by atoms with Crippen molar-refractivity contribution in [2.75, 3.05) is 40.4 Å². The first-order chi connectivity index (χ1) is 11.8. The van der Waals surface area contributed by atoms with Gasteiger partial charge in [0.25, 0.3) is 0 Å². The van der Waals surface area contributed by atoms with Gasteiger partial charge in [0, 0.05) is 44.3 Å². The first kappa shape index (κ1) is 16.2. The summed E-state index contributed by atoms with van der Waals surface area (Å²) in [4.78, 5) is 5.34. The zero-order valence-electron chi connectivity index (χ0n) is 15.0. The van der Waals surface area contributed by atoms with Crippen molar-refractivity contribution >= 4 is 0 Å². The third-order valence-corrected chi connectivity index (χ3v) is 6.46. The topological polar surface area (TPSA) is 24.9 Å². The maximum atomic E-state index is 5.58. The minimum absolute atomic E-state index is 0.829. The average Bonchev–Trinajstić information content (AvgIpc) is 3.25. The molecule has 2 saturated carbocycles. The number of ether oxygens (including phenoxy) is 2. The van der Waals surface area contributed by atoms with Crippen molar-refractivity contribution in [1.29, 1.82) is 0 Å². The second kappa shape index (κ2) is 6.93. The molecule has 132 valence electrons. The summed E-state index contributed by atoms with van der Waals surface area (Å²) in [6.45, 7) is 5.72. The van der Waals surface area contributed by atoms with Gasteiger partial charge in [0.15, 0.2) is 11.5 Å². The summed E-state index contributed by atoms with van der Waals surface area (Å²) >= 11 is 0. The highest BCUT2D eigenvalue weighted by atomic mass is 16.5. The summed E-state index contributed by atoms with van der Waals surface area (Å²) in [7, 11) is 3.43. The van der Waals surface area contributed by atoms with E-state index in [4.69, 9.17) is 9.47 Å². The van der Waals surface area contributed by atoms with Crippen molar-refractivity contribution in [2.24, 2.45) is 11.8 Å². The van der Waals surface area contributed by atoms with Crippen LogP contribution in [0, 0.1) is 11.8 Å². The maximum absolute atomic E-state index is 5.58. The minimum atomic E-state index is 0.829. The van der Waals surface area contributed by atoms with Crippen LogP contribution in [0.2, 0.25) is 0 Å². The van der Waals surface area contributed by atoms with Crippen LogP contribution >= 0.6 is 0 Å². The summed E-state index contributed by atoms with van der Waals surface area (Å²) < 4.78 is 11.0. The van der Waals surface area contributed by atoms with E-state index in [1.165, 1.54) is 44.3 Å². The molecule has 4 nitrogen and oxygen atoms in total. The van der Waals surface area contributed by atoms with Crippen molar-refractivity contribution in [1.82, 2.24) is 9.80 Å². The predicted octanol–water partition coefficient (Wildman–Crippen LogP) is 3.01.